The monoisotopic (exact) mass is 441 g/mol. The second kappa shape index (κ2) is 8.55. The first-order chi connectivity index (χ1) is 10.8. The van der Waals surface area contributed by atoms with Crippen LogP contribution in [0.1, 0.15) is 22.6 Å². The van der Waals surface area contributed by atoms with Gasteiger partial charge in [0.2, 0.25) is 0 Å². The molecule has 1 unspecified atom stereocenters. The van der Waals surface area contributed by atoms with E-state index in [4.69, 9.17) is 11.6 Å². The first-order valence-electron chi connectivity index (χ1n) is 7.53. The minimum absolute atomic E-state index is 0. The number of rotatable bonds is 4. The van der Waals surface area contributed by atoms with Crippen molar-refractivity contribution in [2.24, 2.45) is 4.99 Å². The number of nitrogens with zero attached hydrogens (tertiary/aromatic N) is 1. The first kappa shape index (κ1) is 18.1. The Labute approximate surface area is 159 Å². The van der Waals surface area contributed by atoms with Gasteiger partial charge < -0.3 is 10.6 Å². The summed E-state index contributed by atoms with van der Waals surface area (Å²) in [7, 11) is 1.79. The van der Waals surface area contributed by atoms with E-state index in [2.05, 4.69) is 39.9 Å². The molecule has 0 amide bonds. The highest BCUT2D eigenvalue weighted by Crippen LogP contribution is 2.33. The van der Waals surface area contributed by atoms with E-state index < -0.39 is 0 Å². The van der Waals surface area contributed by atoms with Gasteiger partial charge in [0.25, 0.3) is 0 Å². The van der Waals surface area contributed by atoms with Crippen LogP contribution in [-0.4, -0.2) is 19.6 Å². The Bertz CT molecular complexity index is 687. The number of aliphatic imine (C=N–C) groups is 1. The summed E-state index contributed by atoms with van der Waals surface area (Å²) in [6, 6.07) is 16.5. The Balaban J connectivity index is 0.00000192. The Kier molecular flexibility index (Phi) is 6.72. The summed E-state index contributed by atoms with van der Waals surface area (Å²) in [5.41, 5.74) is 3.99. The zero-order valence-corrected chi connectivity index (χ0v) is 16.1. The molecule has 3 rings (SSSR count). The molecule has 0 radical (unpaired) electrons. The predicted octanol–water partition coefficient (Wildman–Crippen LogP) is 3.96. The number of hydrogen-bond acceptors (Lipinski definition) is 1. The van der Waals surface area contributed by atoms with Gasteiger partial charge in [0.1, 0.15) is 0 Å². The zero-order chi connectivity index (χ0) is 15.4. The highest BCUT2D eigenvalue weighted by Gasteiger charge is 2.25. The molecule has 3 nitrogen and oxygen atoms in total. The van der Waals surface area contributed by atoms with Gasteiger partial charge in [0, 0.05) is 31.1 Å². The normalized spacial score (nSPS) is 15.9. The highest BCUT2D eigenvalue weighted by atomic mass is 127. The molecule has 122 valence electrons. The van der Waals surface area contributed by atoms with Crippen molar-refractivity contribution in [3.05, 3.63) is 70.2 Å². The number of halogens is 2. The minimum Gasteiger partial charge on any atom is -0.356 e. The average Bonchev–Trinajstić information content (AvgIpc) is 2.52. The molecule has 0 aromatic heterocycles. The summed E-state index contributed by atoms with van der Waals surface area (Å²) in [5.74, 6) is 1.39. The molecule has 2 aromatic rings. The fourth-order valence-electron chi connectivity index (χ4n) is 2.81. The van der Waals surface area contributed by atoms with Crippen LogP contribution >= 0.6 is 35.6 Å². The molecule has 5 heteroatoms. The molecule has 0 heterocycles. The maximum absolute atomic E-state index is 6.17. The van der Waals surface area contributed by atoms with Crippen LogP contribution in [0.3, 0.4) is 0 Å². The van der Waals surface area contributed by atoms with E-state index in [-0.39, 0.29) is 24.0 Å². The second-order valence-corrected chi connectivity index (χ2v) is 5.91. The number of fused-ring (bicyclic) bond motifs is 1. The lowest BCUT2D eigenvalue weighted by Gasteiger charge is -2.30. The predicted molar refractivity (Wildman–Crippen MR) is 108 cm³/mol. The van der Waals surface area contributed by atoms with Crippen LogP contribution in [0, 0.1) is 0 Å². The molecular formula is C18H21ClIN3. The van der Waals surface area contributed by atoms with E-state index in [1.54, 1.807) is 7.05 Å². The van der Waals surface area contributed by atoms with E-state index in [9.17, 15) is 0 Å². The van der Waals surface area contributed by atoms with Crippen LogP contribution in [0.5, 0.6) is 0 Å². The fourth-order valence-corrected chi connectivity index (χ4v) is 3.01. The van der Waals surface area contributed by atoms with Crippen LogP contribution in [0.15, 0.2) is 53.5 Å². The van der Waals surface area contributed by atoms with Crippen LogP contribution < -0.4 is 10.6 Å². The van der Waals surface area contributed by atoms with Crippen molar-refractivity contribution in [1.82, 2.24) is 10.6 Å². The van der Waals surface area contributed by atoms with E-state index in [0.717, 1.165) is 29.5 Å². The summed E-state index contributed by atoms with van der Waals surface area (Å²) in [4.78, 5) is 4.27. The average molecular weight is 442 g/mol. The van der Waals surface area contributed by atoms with E-state index >= 15 is 0 Å². The number of hydrogen-bond donors (Lipinski definition) is 2. The lowest BCUT2D eigenvalue weighted by atomic mass is 9.78. The van der Waals surface area contributed by atoms with E-state index in [1.165, 1.54) is 11.1 Å². The Morgan fingerprint density at radius 2 is 1.87 bits per heavy atom. The van der Waals surface area contributed by atoms with E-state index in [0.29, 0.717) is 12.5 Å². The number of nitrogens with one attached hydrogen (secondary N) is 2. The van der Waals surface area contributed by atoms with Crippen molar-refractivity contribution in [1.29, 1.82) is 0 Å². The lowest BCUT2D eigenvalue weighted by Crippen LogP contribution is -2.40. The second-order valence-electron chi connectivity index (χ2n) is 5.50. The fraction of sp³-hybridized carbons (Fsp3) is 0.278. The molecule has 1 aliphatic rings. The number of guanidine groups is 1. The van der Waals surface area contributed by atoms with Crippen LogP contribution in [0.4, 0.5) is 0 Å². The molecule has 1 atom stereocenters. The number of benzene rings is 2. The maximum Gasteiger partial charge on any atom is 0.191 e. The summed E-state index contributed by atoms with van der Waals surface area (Å²) in [6.45, 7) is 1.57. The van der Waals surface area contributed by atoms with Gasteiger partial charge in [-0.15, -0.1) is 24.0 Å². The van der Waals surface area contributed by atoms with Gasteiger partial charge >= 0.3 is 0 Å². The van der Waals surface area contributed by atoms with Gasteiger partial charge in [-0.2, -0.15) is 0 Å². The third kappa shape index (κ3) is 4.38. The zero-order valence-electron chi connectivity index (χ0n) is 13.1. The molecule has 0 spiro atoms. The van der Waals surface area contributed by atoms with Crippen molar-refractivity contribution < 1.29 is 0 Å². The van der Waals surface area contributed by atoms with Crippen molar-refractivity contribution >= 4 is 41.5 Å². The standard InChI is InChI=1S/C18H20ClN3.HI/c1-20-18(21-11-14-7-3-5-9-17(14)19)22-12-15-10-13-6-2-4-8-16(13)15;/h2-9,15H,10-12H2,1H3,(H2,20,21,22);1H. The van der Waals surface area contributed by atoms with Gasteiger partial charge in [-0.25, -0.2) is 0 Å². The van der Waals surface area contributed by atoms with Gasteiger partial charge in [-0.05, 0) is 29.2 Å². The van der Waals surface area contributed by atoms with Crippen molar-refractivity contribution in [2.45, 2.75) is 18.9 Å². The maximum atomic E-state index is 6.17. The molecule has 2 aromatic carbocycles. The third-order valence-electron chi connectivity index (χ3n) is 4.10. The third-order valence-corrected chi connectivity index (χ3v) is 4.47. The SMILES string of the molecule is CN=C(NCc1ccccc1Cl)NCC1Cc2ccccc21.I. The highest BCUT2D eigenvalue weighted by molar-refractivity contribution is 14.0. The van der Waals surface area contributed by atoms with Gasteiger partial charge in [0.05, 0.1) is 0 Å². The molecule has 0 fully saturated rings. The van der Waals surface area contributed by atoms with Gasteiger partial charge in [0.15, 0.2) is 5.96 Å². The van der Waals surface area contributed by atoms with Crippen LogP contribution in [0.25, 0.3) is 0 Å². The molecule has 0 saturated heterocycles. The molecule has 1 aliphatic carbocycles. The quantitative estimate of drug-likeness (QED) is 0.428. The topological polar surface area (TPSA) is 36.4 Å². The Morgan fingerprint density at radius 1 is 1.13 bits per heavy atom. The molecular weight excluding hydrogens is 421 g/mol. The molecule has 0 saturated carbocycles. The Hall–Kier alpha value is -1.27. The van der Waals surface area contributed by atoms with Crippen LogP contribution in [0.2, 0.25) is 5.02 Å². The molecule has 2 N–H and O–H groups in total. The van der Waals surface area contributed by atoms with E-state index in [1.807, 2.05) is 24.3 Å². The van der Waals surface area contributed by atoms with Crippen molar-refractivity contribution in [3.63, 3.8) is 0 Å². The van der Waals surface area contributed by atoms with Crippen LogP contribution in [-0.2, 0) is 13.0 Å². The lowest BCUT2D eigenvalue weighted by molar-refractivity contribution is 0.584. The van der Waals surface area contributed by atoms with Crippen molar-refractivity contribution in [2.75, 3.05) is 13.6 Å². The molecule has 23 heavy (non-hydrogen) atoms. The summed E-state index contributed by atoms with van der Waals surface area (Å²) < 4.78 is 0. The minimum atomic E-state index is 0. The first-order valence-corrected chi connectivity index (χ1v) is 7.91. The molecule has 0 bridgehead atoms. The van der Waals surface area contributed by atoms with Crippen molar-refractivity contribution in [3.8, 4) is 0 Å². The summed E-state index contributed by atoms with van der Waals surface area (Å²) in [5, 5.41) is 7.48. The smallest absolute Gasteiger partial charge is 0.191 e. The van der Waals surface area contributed by atoms with Gasteiger partial charge in [-0.1, -0.05) is 54.1 Å². The van der Waals surface area contributed by atoms with Gasteiger partial charge in [-0.3, -0.25) is 4.99 Å². The largest absolute Gasteiger partial charge is 0.356 e. The summed E-state index contributed by atoms with van der Waals surface area (Å²) in [6.07, 6.45) is 1.14. The summed E-state index contributed by atoms with van der Waals surface area (Å²) >= 11 is 6.17. The molecule has 0 aliphatic heterocycles. The Morgan fingerprint density at radius 3 is 2.61 bits per heavy atom.